The van der Waals surface area contributed by atoms with E-state index in [4.69, 9.17) is 4.74 Å². The number of anilines is 1. The van der Waals surface area contributed by atoms with Crippen LogP contribution in [0.1, 0.15) is 11.3 Å². The van der Waals surface area contributed by atoms with E-state index >= 15 is 0 Å². The number of methoxy groups -OCH3 is 1. The monoisotopic (exact) mass is 355 g/mol. The van der Waals surface area contributed by atoms with Crippen LogP contribution in [-0.4, -0.2) is 32.7 Å². The molecule has 1 heterocycles. The highest BCUT2D eigenvalue weighted by molar-refractivity contribution is 7.92. The van der Waals surface area contributed by atoms with Gasteiger partial charge < -0.3 is 10.1 Å². The van der Waals surface area contributed by atoms with Crippen molar-refractivity contribution in [2.45, 2.75) is 13.0 Å². The molecule has 23 heavy (non-hydrogen) atoms. The smallest absolute Gasteiger partial charge is 0.231 e. The number of nitrogens with zero attached hydrogens (tertiary/aromatic N) is 1. The van der Waals surface area contributed by atoms with Crippen molar-refractivity contribution >= 4 is 32.4 Å². The van der Waals surface area contributed by atoms with Crippen LogP contribution < -0.4 is 14.8 Å². The van der Waals surface area contributed by atoms with Gasteiger partial charge in [-0.2, -0.15) is 0 Å². The van der Waals surface area contributed by atoms with Crippen LogP contribution >= 0.6 is 11.3 Å². The lowest BCUT2D eigenvalue weighted by Crippen LogP contribution is -2.24. The number of benzene rings is 1. The van der Waals surface area contributed by atoms with Gasteiger partial charge in [0.25, 0.3) is 0 Å². The molecule has 0 atom stereocenters. The van der Waals surface area contributed by atoms with E-state index in [9.17, 15) is 13.2 Å². The lowest BCUT2D eigenvalue weighted by molar-refractivity contribution is -0.120. The minimum atomic E-state index is -3.36. The first-order valence-corrected chi connectivity index (χ1v) is 9.45. The van der Waals surface area contributed by atoms with Crippen LogP contribution in [0, 0.1) is 0 Å². The van der Waals surface area contributed by atoms with Crippen molar-refractivity contribution in [2.24, 2.45) is 0 Å². The van der Waals surface area contributed by atoms with Crippen molar-refractivity contribution in [3.05, 3.63) is 40.9 Å². The zero-order chi connectivity index (χ0) is 16.9. The predicted octanol–water partition coefficient (Wildman–Crippen LogP) is 1.38. The third-order valence-corrected chi connectivity index (χ3v) is 4.33. The maximum atomic E-state index is 12.0. The fourth-order valence-electron chi connectivity index (χ4n) is 1.86. The second kappa shape index (κ2) is 7.42. The third-order valence-electron chi connectivity index (χ3n) is 2.83. The average Bonchev–Trinajstić information content (AvgIpc) is 2.90. The van der Waals surface area contributed by atoms with Crippen molar-refractivity contribution < 1.29 is 17.9 Å². The first kappa shape index (κ1) is 17.2. The molecule has 1 amide bonds. The summed E-state index contributed by atoms with van der Waals surface area (Å²) >= 11 is 1.14. The van der Waals surface area contributed by atoms with Crippen LogP contribution in [0.5, 0.6) is 5.75 Å². The van der Waals surface area contributed by atoms with Gasteiger partial charge in [0.05, 0.1) is 25.5 Å². The molecule has 1 aromatic heterocycles. The first-order chi connectivity index (χ1) is 10.9. The van der Waals surface area contributed by atoms with Crippen LogP contribution in [0.4, 0.5) is 5.13 Å². The minimum absolute atomic E-state index is 0.0804. The number of hydrogen-bond acceptors (Lipinski definition) is 6. The Balaban J connectivity index is 1.90. The summed E-state index contributed by atoms with van der Waals surface area (Å²) < 4.78 is 29.7. The Morgan fingerprint density at radius 3 is 2.78 bits per heavy atom. The molecule has 0 spiro atoms. The van der Waals surface area contributed by atoms with Crippen LogP contribution in [0.25, 0.3) is 0 Å². The van der Waals surface area contributed by atoms with Crippen molar-refractivity contribution in [2.75, 3.05) is 18.1 Å². The molecule has 7 nitrogen and oxygen atoms in total. The van der Waals surface area contributed by atoms with Gasteiger partial charge in [0, 0.05) is 17.5 Å². The molecule has 1 aromatic carbocycles. The van der Waals surface area contributed by atoms with Gasteiger partial charge in [0.15, 0.2) is 5.13 Å². The molecule has 2 rings (SSSR count). The van der Waals surface area contributed by atoms with Gasteiger partial charge in [-0.25, -0.2) is 13.4 Å². The molecule has 0 radical (unpaired) electrons. The van der Waals surface area contributed by atoms with E-state index in [-0.39, 0.29) is 17.5 Å². The number of hydrogen-bond donors (Lipinski definition) is 2. The van der Waals surface area contributed by atoms with E-state index < -0.39 is 10.0 Å². The molecule has 0 bridgehead atoms. The number of aromatic nitrogens is 1. The van der Waals surface area contributed by atoms with Crippen LogP contribution in [0.2, 0.25) is 0 Å². The average molecular weight is 355 g/mol. The number of carbonyl (C=O) groups excluding carboxylic acids is 1. The van der Waals surface area contributed by atoms with Gasteiger partial charge in [-0.15, -0.1) is 11.3 Å². The highest BCUT2D eigenvalue weighted by atomic mass is 32.2. The van der Waals surface area contributed by atoms with E-state index in [0.29, 0.717) is 18.0 Å². The number of thiazole rings is 1. The molecule has 0 saturated heterocycles. The molecule has 0 aliphatic heterocycles. The summed E-state index contributed by atoms with van der Waals surface area (Å²) in [7, 11) is -1.79. The Morgan fingerprint density at radius 2 is 2.09 bits per heavy atom. The Bertz CT molecular complexity index is 787. The number of amides is 1. The quantitative estimate of drug-likeness (QED) is 0.782. The number of para-hydroxylation sites is 1. The fourth-order valence-corrected chi connectivity index (χ4v) is 3.43. The maximum Gasteiger partial charge on any atom is 0.231 e. The Hall–Kier alpha value is -2.13. The van der Waals surface area contributed by atoms with Crippen LogP contribution in [-0.2, 0) is 27.8 Å². The van der Waals surface area contributed by atoms with Gasteiger partial charge in [-0.3, -0.25) is 9.52 Å². The van der Waals surface area contributed by atoms with Gasteiger partial charge in [0.1, 0.15) is 5.75 Å². The zero-order valence-electron chi connectivity index (χ0n) is 12.7. The summed E-state index contributed by atoms with van der Waals surface area (Å²) in [6.07, 6.45) is 1.13. The van der Waals surface area contributed by atoms with Crippen molar-refractivity contribution in [1.82, 2.24) is 10.3 Å². The molecule has 0 fully saturated rings. The SMILES string of the molecule is COc1ccccc1CNC(=O)Cc1csc(NS(C)(=O)=O)n1. The van der Waals surface area contributed by atoms with E-state index in [1.165, 1.54) is 0 Å². The minimum Gasteiger partial charge on any atom is -0.496 e. The molecular formula is C14H17N3O4S2. The number of ether oxygens (including phenoxy) is 1. The Morgan fingerprint density at radius 1 is 1.35 bits per heavy atom. The lowest BCUT2D eigenvalue weighted by Gasteiger charge is -2.09. The predicted molar refractivity (Wildman–Crippen MR) is 89.1 cm³/mol. The van der Waals surface area contributed by atoms with Crippen LogP contribution in [0.15, 0.2) is 29.6 Å². The van der Waals surface area contributed by atoms with Gasteiger partial charge in [-0.1, -0.05) is 18.2 Å². The van der Waals surface area contributed by atoms with Gasteiger partial charge >= 0.3 is 0 Å². The second-order valence-corrected chi connectivity index (χ2v) is 7.39. The van der Waals surface area contributed by atoms with Crippen LogP contribution in [0.3, 0.4) is 0 Å². The molecule has 0 aliphatic carbocycles. The lowest BCUT2D eigenvalue weighted by atomic mass is 10.2. The fraction of sp³-hybridized carbons (Fsp3) is 0.286. The van der Waals surface area contributed by atoms with E-state index in [1.54, 1.807) is 12.5 Å². The molecular weight excluding hydrogens is 338 g/mol. The largest absolute Gasteiger partial charge is 0.496 e. The van der Waals surface area contributed by atoms with Crippen molar-refractivity contribution in [3.8, 4) is 5.75 Å². The zero-order valence-corrected chi connectivity index (χ0v) is 14.3. The molecule has 0 unspecified atom stereocenters. The topological polar surface area (TPSA) is 97.4 Å². The number of nitrogens with one attached hydrogen (secondary N) is 2. The molecule has 2 aromatic rings. The summed E-state index contributed by atoms with van der Waals surface area (Å²) in [5, 5.41) is 4.69. The van der Waals surface area contributed by atoms with Crippen molar-refractivity contribution in [3.63, 3.8) is 0 Å². The summed E-state index contributed by atoms with van der Waals surface area (Å²) in [5.41, 5.74) is 1.39. The number of sulfonamides is 1. The van der Waals surface area contributed by atoms with E-state index in [0.717, 1.165) is 23.2 Å². The molecule has 2 N–H and O–H groups in total. The second-order valence-electron chi connectivity index (χ2n) is 4.78. The first-order valence-electron chi connectivity index (χ1n) is 6.68. The molecule has 0 saturated carbocycles. The third kappa shape index (κ3) is 5.53. The normalized spacial score (nSPS) is 11.0. The molecule has 9 heteroatoms. The highest BCUT2D eigenvalue weighted by Crippen LogP contribution is 2.18. The summed E-state index contributed by atoms with van der Waals surface area (Å²) in [6.45, 7) is 0.349. The Kier molecular flexibility index (Phi) is 5.56. The standard InChI is InChI=1S/C14H17N3O4S2/c1-21-12-6-4-3-5-10(12)8-15-13(18)7-11-9-22-14(16-11)17-23(2,19)20/h3-6,9H,7-8H2,1-2H3,(H,15,18)(H,16,17). The molecule has 124 valence electrons. The number of rotatable bonds is 7. The summed E-state index contributed by atoms with van der Waals surface area (Å²) in [4.78, 5) is 16.0. The highest BCUT2D eigenvalue weighted by Gasteiger charge is 2.11. The summed E-state index contributed by atoms with van der Waals surface area (Å²) in [6, 6.07) is 7.42. The van der Waals surface area contributed by atoms with Gasteiger partial charge in [0.2, 0.25) is 15.9 Å². The van der Waals surface area contributed by atoms with E-state index in [2.05, 4.69) is 15.0 Å². The van der Waals surface area contributed by atoms with E-state index in [1.807, 2.05) is 24.3 Å². The Labute approximate surface area is 138 Å². The van der Waals surface area contributed by atoms with Crippen molar-refractivity contribution in [1.29, 1.82) is 0 Å². The maximum absolute atomic E-state index is 12.0. The molecule has 0 aliphatic rings. The van der Waals surface area contributed by atoms with Gasteiger partial charge in [-0.05, 0) is 6.07 Å². The summed E-state index contributed by atoms with van der Waals surface area (Å²) in [5.74, 6) is 0.508. The number of carbonyl (C=O) groups is 1.